The molecule has 0 spiro atoms. The van der Waals surface area contributed by atoms with Crippen LogP contribution in [0.5, 0.6) is 0 Å². The summed E-state index contributed by atoms with van der Waals surface area (Å²) < 4.78 is 25.5. The Bertz CT molecular complexity index is 466. The highest BCUT2D eigenvalue weighted by Crippen LogP contribution is 2.07. The molecule has 0 saturated heterocycles. The first-order valence-corrected chi connectivity index (χ1v) is 5.92. The van der Waals surface area contributed by atoms with Crippen molar-refractivity contribution in [1.82, 2.24) is 10.0 Å². The molecule has 0 aliphatic carbocycles. The number of carbonyl (C=O) groups excluding carboxylic acids is 2. The zero-order valence-corrected chi connectivity index (χ0v) is 9.37. The number of nitrogens with zero attached hydrogens (tertiary/aromatic N) is 1. The Balaban J connectivity index is 3.03. The van der Waals surface area contributed by atoms with Crippen molar-refractivity contribution < 1.29 is 18.0 Å². The number of amides is 3. The van der Waals surface area contributed by atoms with Crippen molar-refractivity contribution in [3.05, 3.63) is 12.7 Å². The fourth-order valence-corrected chi connectivity index (χ4v) is 2.59. The van der Waals surface area contributed by atoms with Crippen LogP contribution in [0.1, 0.15) is 6.92 Å². The number of carbonyl (C=O) groups is 2. The van der Waals surface area contributed by atoms with Crippen LogP contribution < -0.4 is 10.0 Å². The largest absolute Gasteiger partial charge is 0.347 e. The van der Waals surface area contributed by atoms with E-state index in [9.17, 15) is 18.0 Å². The van der Waals surface area contributed by atoms with Crippen LogP contribution in [0.25, 0.3) is 0 Å². The molecule has 1 unspecified atom stereocenters. The van der Waals surface area contributed by atoms with Gasteiger partial charge in [0.1, 0.15) is 0 Å². The maximum absolute atomic E-state index is 11.7. The Morgan fingerprint density at radius 2 is 2.19 bits per heavy atom. The zero-order chi connectivity index (χ0) is 12.3. The van der Waals surface area contributed by atoms with E-state index in [1.54, 1.807) is 0 Å². The van der Waals surface area contributed by atoms with Crippen LogP contribution in [-0.2, 0) is 14.8 Å². The number of aliphatic imine (C=N–C) groups is 1. The van der Waals surface area contributed by atoms with Crippen LogP contribution >= 0.6 is 0 Å². The monoisotopic (exact) mass is 245 g/mol. The number of urea groups is 1. The second kappa shape index (κ2) is 4.54. The smallest absolute Gasteiger partial charge is 0.275 e. The topological polar surface area (TPSA) is 105 Å². The summed E-state index contributed by atoms with van der Waals surface area (Å²) in [5.41, 5.74) is -0.0506. The first-order chi connectivity index (χ1) is 7.38. The van der Waals surface area contributed by atoms with Crippen molar-refractivity contribution in [2.75, 3.05) is 6.54 Å². The van der Waals surface area contributed by atoms with Gasteiger partial charge in [0.2, 0.25) is 10.0 Å². The molecule has 1 atom stereocenters. The predicted octanol–water partition coefficient (Wildman–Crippen LogP) is -0.829. The van der Waals surface area contributed by atoms with Gasteiger partial charge in [0.05, 0.1) is 0 Å². The Kier molecular flexibility index (Phi) is 3.55. The lowest BCUT2D eigenvalue weighted by molar-refractivity contribution is -0.118. The van der Waals surface area contributed by atoms with Gasteiger partial charge in [0.25, 0.3) is 5.91 Å². The van der Waals surface area contributed by atoms with Gasteiger partial charge in [0.15, 0.2) is 5.25 Å². The van der Waals surface area contributed by atoms with Crippen molar-refractivity contribution in [3.63, 3.8) is 0 Å². The molecule has 1 aliphatic heterocycles. The van der Waals surface area contributed by atoms with E-state index in [1.807, 2.05) is 5.32 Å². The molecule has 3 amide bonds. The molecular formula is C8H11N3O4S. The van der Waals surface area contributed by atoms with Gasteiger partial charge in [-0.05, 0) is 6.92 Å². The number of rotatable bonds is 4. The fourth-order valence-electron chi connectivity index (χ4n) is 1.23. The molecule has 0 bridgehead atoms. The molecule has 0 fully saturated rings. The molecule has 2 N–H and O–H groups in total. The molecule has 0 aromatic heterocycles. The molecule has 0 saturated carbocycles. The Morgan fingerprint density at radius 3 is 2.69 bits per heavy atom. The van der Waals surface area contributed by atoms with Gasteiger partial charge >= 0.3 is 6.03 Å². The van der Waals surface area contributed by atoms with Gasteiger partial charge in [-0.1, -0.05) is 6.08 Å². The molecular weight excluding hydrogens is 234 g/mol. The molecule has 8 heteroatoms. The second-order valence-corrected chi connectivity index (χ2v) is 4.96. The average molecular weight is 245 g/mol. The van der Waals surface area contributed by atoms with Crippen LogP contribution in [-0.4, -0.2) is 37.9 Å². The Morgan fingerprint density at radius 1 is 1.56 bits per heavy atom. The highest BCUT2D eigenvalue weighted by molar-refractivity contribution is 7.91. The van der Waals surface area contributed by atoms with E-state index in [1.165, 1.54) is 13.0 Å². The first-order valence-electron chi connectivity index (χ1n) is 4.38. The van der Waals surface area contributed by atoms with E-state index < -0.39 is 27.2 Å². The van der Waals surface area contributed by atoms with Crippen molar-refractivity contribution in [2.45, 2.75) is 12.2 Å². The van der Waals surface area contributed by atoms with Crippen LogP contribution in [0.3, 0.4) is 0 Å². The number of hydrogen-bond donors (Lipinski definition) is 2. The molecule has 16 heavy (non-hydrogen) atoms. The SMILES string of the molecule is C=CCNS(=O)(=O)C1C(=O)NC(=O)N=C1C. The highest BCUT2D eigenvalue weighted by atomic mass is 32.2. The Hall–Kier alpha value is -1.54. The lowest BCUT2D eigenvalue weighted by Gasteiger charge is -2.19. The second-order valence-electron chi connectivity index (χ2n) is 3.11. The normalized spacial score (nSPS) is 21.3. The molecule has 1 aliphatic rings. The van der Waals surface area contributed by atoms with Crippen LogP contribution in [0, 0.1) is 0 Å². The first kappa shape index (κ1) is 12.5. The standard InChI is InChI=1S/C8H11N3O4S/c1-3-4-9-16(14,15)6-5(2)10-8(13)11-7(6)12/h3,6,9H,1,4H2,2H3,(H,11,12,13). The van der Waals surface area contributed by atoms with Crippen LogP contribution in [0.15, 0.2) is 17.6 Å². The minimum atomic E-state index is -3.88. The van der Waals surface area contributed by atoms with Crippen LogP contribution in [0.2, 0.25) is 0 Å². The summed E-state index contributed by atoms with van der Waals surface area (Å²) in [7, 11) is -3.88. The number of hydrogen-bond acceptors (Lipinski definition) is 4. The van der Waals surface area contributed by atoms with Gasteiger partial charge in [-0.3, -0.25) is 10.1 Å². The minimum absolute atomic E-state index is 0.00728. The fraction of sp³-hybridized carbons (Fsp3) is 0.375. The molecule has 88 valence electrons. The highest BCUT2D eigenvalue weighted by Gasteiger charge is 2.38. The van der Waals surface area contributed by atoms with E-state index in [-0.39, 0.29) is 12.3 Å². The summed E-state index contributed by atoms with van der Waals surface area (Å²) in [6.07, 6.45) is 1.34. The quantitative estimate of drug-likeness (QED) is 0.631. The molecule has 1 heterocycles. The maximum Gasteiger partial charge on any atom is 0.347 e. The van der Waals surface area contributed by atoms with E-state index >= 15 is 0 Å². The van der Waals surface area contributed by atoms with E-state index in [4.69, 9.17) is 0 Å². The third-order valence-corrected chi connectivity index (χ3v) is 3.61. The lowest BCUT2D eigenvalue weighted by atomic mass is 10.2. The predicted molar refractivity (Wildman–Crippen MR) is 57.6 cm³/mol. The van der Waals surface area contributed by atoms with Crippen LogP contribution in [0.4, 0.5) is 4.79 Å². The Labute approximate surface area is 92.7 Å². The molecule has 0 aromatic carbocycles. The van der Waals surface area contributed by atoms with Crippen molar-refractivity contribution in [1.29, 1.82) is 0 Å². The van der Waals surface area contributed by atoms with E-state index in [0.29, 0.717) is 0 Å². The van der Waals surface area contributed by atoms with Gasteiger partial charge in [0, 0.05) is 12.3 Å². The lowest BCUT2D eigenvalue weighted by Crippen LogP contribution is -2.53. The van der Waals surface area contributed by atoms with Crippen molar-refractivity contribution in [2.24, 2.45) is 4.99 Å². The van der Waals surface area contributed by atoms with Gasteiger partial charge in [-0.2, -0.15) is 0 Å². The molecule has 1 rings (SSSR count). The summed E-state index contributed by atoms with van der Waals surface area (Å²) in [5, 5.41) is 0.364. The number of sulfonamides is 1. The third kappa shape index (κ3) is 2.52. The number of imide groups is 1. The van der Waals surface area contributed by atoms with Crippen molar-refractivity contribution >= 4 is 27.7 Å². The van der Waals surface area contributed by atoms with Gasteiger partial charge in [-0.15, -0.1) is 6.58 Å². The summed E-state index contributed by atoms with van der Waals surface area (Å²) >= 11 is 0. The van der Waals surface area contributed by atoms with E-state index in [0.717, 1.165) is 0 Å². The molecule has 0 aromatic rings. The summed E-state index contributed by atoms with van der Waals surface area (Å²) in [4.78, 5) is 25.6. The average Bonchev–Trinajstić information content (AvgIpc) is 2.12. The summed E-state index contributed by atoms with van der Waals surface area (Å²) in [6, 6.07) is -0.849. The number of nitrogens with one attached hydrogen (secondary N) is 2. The third-order valence-electron chi connectivity index (χ3n) is 1.86. The molecule has 0 radical (unpaired) electrons. The zero-order valence-electron chi connectivity index (χ0n) is 8.56. The summed E-state index contributed by atoms with van der Waals surface area (Å²) in [6.45, 7) is 4.67. The summed E-state index contributed by atoms with van der Waals surface area (Å²) in [5.74, 6) is -0.894. The molecule has 7 nitrogen and oxygen atoms in total. The minimum Gasteiger partial charge on any atom is -0.275 e. The van der Waals surface area contributed by atoms with Gasteiger partial charge < -0.3 is 0 Å². The van der Waals surface area contributed by atoms with Crippen molar-refractivity contribution in [3.8, 4) is 0 Å². The van der Waals surface area contributed by atoms with E-state index in [2.05, 4.69) is 16.3 Å². The van der Waals surface area contributed by atoms with Gasteiger partial charge in [-0.25, -0.2) is 22.9 Å². The maximum atomic E-state index is 11.7.